The van der Waals surface area contributed by atoms with E-state index in [9.17, 15) is 18.8 Å². The number of halogens is 2. The Bertz CT molecular complexity index is 1050. The number of nitrogens with zero attached hydrogens (tertiary/aromatic N) is 2. The van der Waals surface area contributed by atoms with Crippen molar-refractivity contribution in [2.24, 2.45) is 10.7 Å². The Morgan fingerprint density at radius 2 is 2.03 bits per heavy atom. The van der Waals surface area contributed by atoms with Crippen LogP contribution in [0.25, 0.3) is 0 Å². The summed E-state index contributed by atoms with van der Waals surface area (Å²) in [6.07, 6.45) is -0.0125. The number of rotatable bonds is 7. The van der Waals surface area contributed by atoms with Gasteiger partial charge in [-0.15, -0.1) is 0 Å². The number of carbonyl (C=O) groups excluding carboxylic acids is 2. The highest BCUT2D eigenvalue weighted by atomic mass is 79.9. The molecule has 156 valence electrons. The number of benzene rings is 2. The summed E-state index contributed by atoms with van der Waals surface area (Å²) < 4.78 is 15.0. The van der Waals surface area contributed by atoms with Crippen LogP contribution in [-0.4, -0.2) is 39.9 Å². The number of thioether (sulfide) groups is 1. The molecule has 0 aliphatic carbocycles. The lowest BCUT2D eigenvalue weighted by Gasteiger charge is -2.23. The minimum absolute atomic E-state index is 0.0162. The highest BCUT2D eigenvalue weighted by Gasteiger charge is 2.28. The number of amides is 2. The van der Waals surface area contributed by atoms with Gasteiger partial charge >= 0.3 is 5.97 Å². The van der Waals surface area contributed by atoms with E-state index in [-0.39, 0.29) is 35.3 Å². The van der Waals surface area contributed by atoms with Gasteiger partial charge in [0, 0.05) is 16.6 Å². The molecule has 3 N–H and O–H groups in total. The lowest BCUT2D eigenvalue weighted by molar-refractivity contribution is -0.136. The molecule has 1 aliphatic heterocycles. The van der Waals surface area contributed by atoms with Gasteiger partial charge in [0.2, 0.25) is 0 Å². The maximum absolute atomic E-state index is 14.5. The quantitative estimate of drug-likeness (QED) is 0.612. The summed E-state index contributed by atoms with van der Waals surface area (Å²) in [6, 6.07) is 10.8. The van der Waals surface area contributed by atoms with Crippen molar-refractivity contribution >= 4 is 56.3 Å². The molecule has 0 saturated heterocycles. The highest BCUT2D eigenvalue weighted by molar-refractivity contribution is 9.10. The molecule has 2 aromatic rings. The van der Waals surface area contributed by atoms with Crippen LogP contribution in [-0.2, 0) is 16.0 Å². The molecule has 0 bridgehead atoms. The molecule has 0 fully saturated rings. The van der Waals surface area contributed by atoms with Crippen molar-refractivity contribution in [2.75, 3.05) is 11.4 Å². The zero-order valence-corrected chi connectivity index (χ0v) is 18.0. The van der Waals surface area contributed by atoms with Crippen LogP contribution in [0, 0.1) is 5.82 Å². The van der Waals surface area contributed by atoms with Crippen LogP contribution in [0.2, 0.25) is 0 Å². The molecule has 0 saturated carbocycles. The molecule has 3 rings (SSSR count). The van der Waals surface area contributed by atoms with Crippen LogP contribution in [0.5, 0.6) is 0 Å². The van der Waals surface area contributed by atoms with Gasteiger partial charge in [0.1, 0.15) is 5.82 Å². The molecule has 1 unspecified atom stereocenters. The SMILES string of the molecule is NC1=NC(=O)C(Cc2cccc(C(=O)N(CCC(=O)O)c3ccc(Br)cc3F)c2)S1. The first-order chi connectivity index (χ1) is 14.2. The molecule has 10 heteroatoms. The van der Waals surface area contributed by atoms with Gasteiger partial charge in [0.15, 0.2) is 5.17 Å². The number of aliphatic carboxylic acids is 1. The molecular formula is C20H17BrFN3O4S. The molecule has 2 aromatic carbocycles. The molecule has 0 radical (unpaired) electrons. The zero-order valence-electron chi connectivity index (χ0n) is 15.5. The lowest BCUT2D eigenvalue weighted by Crippen LogP contribution is -2.34. The summed E-state index contributed by atoms with van der Waals surface area (Å²) in [7, 11) is 0. The fourth-order valence-corrected chi connectivity index (χ4v) is 4.17. The smallest absolute Gasteiger partial charge is 0.305 e. The standard InChI is InChI=1S/C20H17BrFN3O4S/c21-13-4-5-15(14(22)10-13)25(7-6-17(26)27)19(29)12-3-1-2-11(8-12)9-16-18(28)24-20(23)30-16/h1-5,8,10,16H,6-7,9H2,(H,26,27)(H2,23,24,28). The van der Waals surface area contributed by atoms with Crippen LogP contribution in [0.1, 0.15) is 22.3 Å². The molecule has 1 heterocycles. The van der Waals surface area contributed by atoms with Crippen LogP contribution < -0.4 is 10.6 Å². The van der Waals surface area contributed by atoms with Crippen molar-refractivity contribution < 1.29 is 23.9 Å². The number of carboxylic acid groups (broad SMARTS) is 1. The normalized spacial score (nSPS) is 15.7. The monoisotopic (exact) mass is 493 g/mol. The largest absolute Gasteiger partial charge is 0.481 e. The van der Waals surface area contributed by atoms with Gasteiger partial charge in [-0.2, -0.15) is 4.99 Å². The minimum atomic E-state index is -1.10. The van der Waals surface area contributed by atoms with Gasteiger partial charge in [0.25, 0.3) is 11.8 Å². The molecule has 30 heavy (non-hydrogen) atoms. The number of hydrogen-bond donors (Lipinski definition) is 2. The van der Waals surface area contributed by atoms with E-state index in [1.54, 1.807) is 30.3 Å². The first-order valence-corrected chi connectivity index (χ1v) is 10.5. The second kappa shape index (κ2) is 9.40. The first kappa shape index (κ1) is 22.0. The van der Waals surface area contributed by atoms with E-state index >= 15 is 0 Å². The molecule has 7 nitrogen and oxygen atoms in total. The summed E-state index contributed by atoms with van der Waals surface area (Å²) in [6.45, 7) is -0.196. The van der Waals surface area contributed by atoms with E-state index in [0.29, 0.717) is 16.5 Å². The fourth-order valence-electron chi connectivity index (χ4n) is 2.97. The molecule has 0 aromatic heterocycles. The van der Waals surface area contributed by atoms with E-state index in [0.717, 1.165) is 16.7 Å². The van der Waals surface area contributed by atoms with Gasteiger partial charge in [0.05, 0.1) is 17.4 Å². The van der Waals surface area contributed by atoms with Crippen molar-refractivity contribution in [3.8, 4) is 0 Å². The summed E-state index contributed by atoms with van der Waals surface area (Å²) >= 11 is 4.33. The van der Waals surface area contributed by atoms with E-state index in [1.807, 2.05) is 0 Å². The van der Waals surface area contributed by atoms with Crippen LogP contribution in [0.15, 0.2) is 51.9 Å². The van der Waals surface area contributed by atoms with Crippen molar-refractivity contribution in [1.29, 1.82) is 0 Å². The molecule has 1 aliphatic rings. The van der Waals surface area contributed by atoms with E-state index < -0.39 is 22.9 Å². The third kappa shape index (κ3) is 5.25. The Morgan fingerprint density at radius 3 is 2.67 bits per heavy atom. The predicted octanol–water partition coefficient (Wildman–Crippen LogP) is 3.21. The molecule has 0 spiro atoms. The second-order valence-corrected chi connectivity index (χ2v) is 8.63. The number of nitrogens with two attached hydrogens (primary N) is 1. The highest BCUT2D eigenvalue weighted by Crippen LogP contribution is 2.27. The Kier molecular flexibility index (Phi) is 6.88. The topological polar surface area (TPSA) is 113 Å². The number of anilines is 1. The van der Waals surface area contributed by atoms with Crippen molar-refractivity contribution in [3.05, 3.63) is 63.9 Å². The maximum Gasteiger partial charge on any atom is 0.305 e. The molecular weight excluding hydrogens is 477 g/mol. The van der Waals surface area contributed by atoms with Crippen molar-refractivity contribution in [3.63, 3.8) is 0 Å². The van der Waals surface area contributed by atoms with E-state index in [2.05, 4.69) is 20.9 Å². The third-order valence-electron chi connectivity index (χ3n) is 4.35. The van der Waals surface area contributed by atoms with Crippen LogP contribution >= 0.6 is 27.7 Å². The number of carbonyl (C=O) groups is 3. The predicted molar refractivity (Wildman–Crippen MR) is 116 cm³/mol. The van der Waals surface area contributed by atoms with Gasteiger partial charge in [-0.1, -0.05) is 39.8 Å². The van der Waals surface area contributed by atoms with Crippen LogP contribution in [0.3, 0.4) is 0 Å². The Balaban J connectivity index is 1.87. The van der Waals surface area contributed by atoms with E-state index in [4.69, 9.17) is 10.8 Å². The number of hydrogen-bond acceptors (Lipinski definition) is 5. The summed E-state index contributed by atoms with van der Waals surface area (Å²) in [5.41, 5.74) is 6.53. The third-order valence-corrected chi connectivity index (χ3v) is 5.83. The first-order valence-electron chi connectivity index (χ1n) is 8.87. The van der Waals surface area contributed by atoms with Crippen molar-refractivity contribution in [1.82, 2.24) is 0 Å². The molecule has 1 atom stereocenters. The van der Waals surface area contributed by atoms with Gasteiger partial charge in [-0.05, 0) is 42.3 Å². The number of amidine groups is 1. The van der Waals surface area contributed by atoms with E-state index in [1.165, 1.54) is 12.1 Å². The Labute approximate surface area is 184 Å². The van der Waals surface area contributed by atoms with Gasteiger partial charge < -0.3 is 15.7 Å². The summed E-state index contributed by atoms with van der Waals surface area (Å²) in [4.78, 5) is 40.8. The second-order valence-electron chi connectivity index (χ2n) is 6.50. The van der Waals surface area contributed by atoms with Gasteiger partial charge in [-0.25, -0.2) is 4.39 Å². The van der Waals surface area contributed by atoms with Crippen molar-refractivity contribution in [2.45, 2.75) is 18.1 Å². The minimum Gasteiger partial charge on any atom is -0.481 e. The zero-order chi connectivity index (χ0) is 21.8. The van der Waals surface area contributed by atoms with Gasteiger partial charge in [-0.3, -0.25) is 14.4 Å². The Hall–Kier alpha value is -2.72. The van der Waals surface area contributed by atoms with Crippen LogP contribution in [0.4, 0.5) is 10.1 Å². The average molecular weight is 494 g/mol. The average Bonchev–Trinajstić information content (AvgIpc) is 3.00. The number of carboxylic acids is 1. The summed E-state index contributed by atoms with van der Waals surface area (Å²) in [5.74, 6) is -2.62. The Morgan fingerprint density at radius 1 is 1.27 bits per heavy atom. The maximum atomic E-state index is 14.5. The fraction of sp³-hybridized carbons (Fsp3) is 0.200. The summed E-state index contributed by atoms with van der Waals surface area (Å²) in [5, 5.41) is 8.79. The molecule has 2 amide bonds. The number of aliphatic imine (C=N–C) groups is 1. The lowest BCUT2D eigenvalue weighted by atomic mass is 10.0.